The van der Waals surface area contributed by atoms with E-state index >= 15 is 0 Å². The molecule has 19 heavy (non-hydrogen) atoms. The fourth-order valence-electron chi connectivity index (χ4n) is 2.87. The molecule has 1 aliphatic carbocycles. The van der Waals surface area contributed by atoms with Crippen molar-refractivity contribution < 1.29 is 4.79 Å². The van der Waals surface area contributed by atoms with Gasteiger partial charge in [0.25, 0.3) is 0 Å². The molecule has 0 radical (unpaired) electrons. The van der Waals surface area contributed by atoms with Crippen molar-refractivity contribution in [3.8, 4) is 0 Å². The van der Waals surface area contributed by atoms with Gasteiger partial charge < -0.3 is 5.32 Å². The average Bonchev–Trinajstić information content (AvgIpc) is 2.46. The lowest BCUT2D eigenvalue weighted by Gasteiger charge is -2.24. The molecule has 0 bridgehead atoms. The summed E-state index contributed by atoms with van der Waals surface area (Å²) in [5.41, 5.74) is 2.48. The molecule has 0 aliphatic heterocycles. The molecule has 1 N–H and O–H groups in total. The van der Waals surface area contributed by atoms with Gasteiger partial charge in [-0.2, -0.15) is 0 Å². The molecular formula is C17H25NO. The smallest absolute Gasteiger partial charge is 0.223 e. The zero-order valence-corrected chi connectivity index (χ0v) is 12.1. The molecule has 1 saturated carbocycles. The van der Waals surface area contributed by atoms with E-state index in [4.69, 9.17) is 0 Å². The van der Waals surface area contributed by atoms with Crippen LogP contribution in [-0.2, 0) is 4.79 Å². The van der Waals surface area contributed by atoms with Crippen molar-refractivity contribution in [2.24, 2.45) is 5.92 Å². The molecule has 2 heteroatoms. The highest BCUT2D eigenvalue weighted by atomic mass is 16.1. The molecule has 1 aromatic rings. The minimum absolute atomic E-state index is 0.162. The minimum Gasteiger partial charge on any atom is -0.349 e. The van der Waals surface area contributed by atoms with Gasteiger partial charge in [0.05, 0.1) is 6.04 Å². The molecule has 2 nitrogen and oxygen atoms in total. The second-order valence-electron chi connectivity index (χ2n) is 5.72. The quantitative estimate of drug-likeness (QED) is 0.865. The van der Waals surface area contributed by atoms with Gasteiger partial charge in [0.15, 0.2) is 0 Å². The maximum Gasteiger partial charge on any atom is 0.223 e. The van der Waals surface area contributed by atoms with Crippen LogP contribution in [0, 0.1) is 12.8 Å². The van der Waals surface area contributed by atoms with Crippen molar-refractivity contribution in [3.63, 3.8) is 0 Å². The molecule has 1 fully saturated rings. The average molecular weight is 259 g/mol. The molecule has 104 valence electrons. The van der Waals surface area contributed by atoms with E-state index in [1.807, 2.05) is 0 Å². The Bertz CT molecular complexity index is 404. The van der Waals surface area contributed by atoms with Crippen molar-refractivity contribution in [2.45, 2.75) is 58.4 Å². The van der Waals surface area contributed by atoms with E-state index in [0.717, 1.165) is 19.3 Å². The predicted octanol–water partition coefficient (Wildman–Crippen LogP) is 4.14. The number of rotatable bonds is 4. The van der Waals surface area contributed by atoms with Crippen molar-refractivity contribution in [1.29, 1.82) is 0 Å². The van der Waals surface area contributed by atoms with E-state index in [1.165, 1.54) is 30.4 Å². The SMILES string of the molecule is CC[C@@H](NC(=O)C1CCCCC1)c1ccc(C)cc1. The molecule has 0 aromatic heterocycles. The lowest BCUT2D eigenvalue weighted by Crippen LogP contribution is -2.34. The van der Waals surface area contributed by atoms with E-state index in [1.54, 1.807) is 0 Å². The Morgan fingerprint density at radius 3 is 2.42 bits per heavy atom. The Morgan fingerprint density at radius 2 is 1.84 bits per heavy atom. The van der Waals surface area contributed by atoms with Crippen LogP contribution < -0.4 is 5.32 Å². The molecule has 1 aliphatic rings. The number of hydrogen-bond acceptors (Lipinski definition) is 1. The summed E-state index contributed by atoms with van der Waals surface area (Å²) in [5, 5.41) is 3.23. The van der Waals surface area contributed by atoms with E-state index < -0.39 is 0 Å². The fraction of sp³-hybridized carbons (Fsp3) is 0.588. The van der Waals surface area contributed by atoms with Crippen LogP contribution in [0.15, 0.2) is 24.3 Å². The number of nitrogens with one attached hydrogen (secondary N) is 1. The van der Waals surface area contributed by atoms with E-state index in [-0.39, 0.29) is 17.9 Å². The van der Waals surface area contributed by atoms with Crippen LogP contribution in [0.5, 0.6) is 0 Å². The Labute approximate surface area is 116 Å². The van der Waals surface area contributed by atoms with Gasteiger partial charge in [-0.15, -0.1) is 0 Å². The van der Waals surface area contributed by atoms with Crippen LogP contribution in [0.3, 0.4) is 0 Å². The second kappa shape index (κ2) is 6.74. The Balaban J connectivity index is 1.98. The van der Waals surface area contributed by atoms with Crippen molar-refractivity contribution >= 4 is 5.91 Å². The summed E-state index contributed by atoms with van der Waals surface area (Å²) >= 11 is 0. The fourth-order valence-corrected chi connectivity index (χ4v) is 2.87. The number of hydrogen-bond donors (Lipinski definition) is 1. The zero-order chi connectivity index (χ0) is 13.7. The third kappa shape index (κ3) is 3.82. The summed E-state index contributed by atoms with van der Waals surface area (Å²) in [5.74, 6) is 0.500. The van der Waals surface area contributed by atoms with Crippen LogP contribution >= 0.6 is 0 Å². The maximum absolute atomic E-state index is 12.3. The second-order valence-corrected chi connectivity index (χ2v) is 5.72. The number of carbonyl (C=O) groups excluding carboxylic acids is 1. The van der Waals surface area contributed by atoms with Gasteiger partial charge in [-0.25, -0.2) is 0 Å². The zero-order valence-electron chi connectivity index (χ0n) is 12.1. The topological polar surface area (TPSA) is 29.1 Å². The highest BCUT2D eigenvalue weighted by Gasteiger charge is 2.23. The van der Waals surface area contributed by atoms with Gasteiger partial charge in [-0.05, 0) is 31.7 Å². The Morgan fingerprint density at radius 1 is 1.21 bits per heavy atom. The summed E-state index contributed by atoms with van der Waals surface area (Å²) in [6, 6.07) is 8.65. The lowest BCUT2D eigenvalue weighted by molar-refractivity contribution is -0.126. The van der Waals surface area contributed by atoms with Crippen LogP contribution in [0.1, 0.15) is 62.6 Å². The van der Waals surface area contributed by atoms with Gasteiger partial charge >= 0.3 is 0 Å². The van der Waals surface area contributed by atoms with Crippen molar-refractivity contribution in [1.82, 2.24) is 5.32 Å². The normalized spacial score (nSPS) is 18.0. The van der Waals surface area contributed by atoms with Gasteiger partial charge in [0.1, 0.15) is 0 Å². The monoisotopic (exact) mass is 259 g/mol. The number of carbonyl (C=O) groups is 1. The highest BCUT2D eigenvalue weighted by molar-refractivity contribution is 5.79. The predicted molar refractivity (Wildman–Crippen MR) is 78.9 cm³/mol. The summed E-state index contributed by atoms with van der Waals surface area (Å²) in [6.45, 7) is 4.22. The van der Waals surface area contributed by atoms with Gasteiger partial charge in [-0.3, -0.25) is 4.79 Å². The van der Waals surface area contributed by atoms with Crippen LogP contribution in [0.4, 0.5) is 0 Å². The highest BCUT2D eigenvalue weighted by Crippen LogP contribution is 2.25. The van der Waals surface area contributed by atoms with Gasteiger partial charge in [-0.1, -0.05) is 56.0 Å². The molecule has 1 amide bonds. The third-order valence-corrected chi connectivity index (χ3v) is 4.18. The summed E-state index contributed by atoms with van der Waals surface area (Å²) in [4.78, 5) is 12.3. The summed E-state index contributed by atoms with van der Waals surface area (Å²) in [6.07, 6.45) is 6.78. The third-order valence-electron chi connectivity index (χ3n) is 4.18. The Kier molecular flexibility index (Phi) is 5.00. The Hall–Kier alpha value is -1.31. The first kappa shape index (κ1) is 14.1. The number of amides is 1. The molecule has 1 aromatic carbocycles. The first-order valence-corrected chi connectivity index (χ1v) is 7.57. The largest absolute Gasteiger partial charge is 0.349 e. The van der Waals surface area contributed by atoms with Crippen LogP contribution in [-0.4, -0.2) is 5.91 Å². The van der Waals surface area contributed by atoms with Crippen LogP contribution in [0.25, 0.3) is 0 Å². The molecule has 0 spiro atoms. The molecular weight excluding hydrogens is 234 g/mol. The minimum atomic E-state index is 0.162. The van der Waals surface area contributed by atoms with Crippen LogP contribution in [0.2, 0.25) is 0 Å². The molecule has 1 atom stereocenters. The van der Waals surface area contributed by atoms with Gasteiger partial charge in [0.2, 0.25) is 5.91 Å². The number of aryl methyl sites for hydroxylation is 1. The molecule has 0 saturated heterocycles. The van der Waals surface area contributed by atoms with Crippen molar-refractivity contribution in [3.05, 3.63) is 35.4 Å². The standard InChI is InChI=1S/C17H25NO/c1-3-16(14-11-9-13(2)10-12-14)18-17(19)15-7-5-4-6-8-15/h9-12,15-16H,3-8H2,1-2H3,(H,18,19)/t16-/m1/s1. The summed E-state index contributed by atoms with van der Waals surface area (Å²) in [7, 11) is 0. The van der Waals surface area contributed by atoms with Gasteiger partial charge in [0, 0.05) is 5.92 Å². The first-order chi connectivity index (χ1) is 9.20. The molecule has 0 unspecified atom stereocenters. The maximum atomic E-state index is 12.3. The van der Waals surface area contributed by atoms with E-state index in [0.29, 0.717) is 0 Å². The molecule has 0 heterocycles. The summed E-state index contributed by atoms with van der Waals surface area (Å²) < 4.78 is 0. The lowest BCUT2D eigenvalue weighted by atomic mass is 9.88. The number of benzene rings is 1. The first-order valence-electron chi connectivity index (χ1n) is 7.57. The van der Waals surface area contributed by atoms with E-state index in [2.05, 4.69) is 43.4 Å². The van der Waals surface area contributed by atoms with E-state index in [9.17, 15) is 4.79 Å². The molecule has 2 rings (SSSR count). The van der Waals surface area contributed by atoms with Crippen molar-refractivity contribution in [2.75, 3.05) is 0 Å².